The molecule has 140 valence electrons. The summed E-state index contributed by atoms with van der Waals surface area (Å²) in [6.45, 7) is 1.81. The van der Waals surface area contributed by atoms with Gasteiger partial charge < -0.3 is 14.8 Å². The van der Waals surface area contributed by atoms with Gasteiger partial charge in [-0.15, -0.1) is 16.9 Å². The third-order valence-electron chi connectivity index (χ3n) is 4.05. The largest absolute Gasteiger partial charge is 0.493 e. The number of anilines is 1. The predicted octanol–water partition coefficient (Wildman–Crippen LogP) is 3.57. The molecule has 0 bridgehead atoms. The average molecular weight is 384 g/mol. The minimum atomic E-state index is -0.341. The number of nitrogens with one attached hydrogen (secondary N) is 1. The van der Waals surface area contributed by atoms with Crippen LogP contribution in [0.3, 0.4) is 0 Å². The summed E-state index contributed by atoms with van der Waals surface area (Å²) < 4.78 is 12.1. The second kappa shape index (κ2) is 8.13. The fraction of sp³-hybridized carbons (Fsp3) is 0.211. The number of carbonyl (C=O) groups excluding carboxylic acids is 1. The first-order valence-electron chi connectivity index (χ1n) is 8.17. The van der Waals surface area contributed by atoms with Gasteiger partial charge >= 0.3 is 0 Å². The fourth-order valence-corrected chi connectivity index (χ4v) is 3.08. The van der Waals surface area contributed by atoms with Gasteiger partial charge in [0.25, 0.3) is 5.91 Å². The molecular weight excluding hydrogens is 364 g/mol. The van der Waals surface area contributed by atoms with Gasteiger partial charge in [-0.2, -0.15) is 0 Å². The fourth-order valence-electron chi connectivity index (χ4n) is 2.63. The second-order valence-corrected chi connectivity index (χ2v) is 6.54. The third-order valence-corrected chi connectivity index (χ3v) is 4.77. The Morgan fingerprint density at radius 2 is 1.89 bits per heavy atom. The Balaban J connectivity index is 1.85. The van der Waals surface area contributed by atoms with Gasteiger partial charge in [0.05, 0.1) is 25.6 Å². The first-order valence-corrected chi connectivity index (χ1v) is 9.40. The molecular formula is C19H20N4O3S. The van der Waals surface area contributed by atoms with Crippen LogP contribution in [0.2, 0.25) is 0 Å². The molecule has 0 aliphatic rings. The zero-order valence-electron chi connectivity index (χ0n) is 15.5. The third kappa shape index (κ3) is 3.90. The first kappa shape index (κ1) is 18.8. The van der Waals surface area contributed by atoms with E-state index in [-0.39, 0.29) is 11.6 Å². The van der Waals surface area contributed by atoms with E-state index in [1.165, 1.54) is 0 Å². The van der Waals surface area contributed by atoms with Gasteiger partial charge in [0.1, 0.15) is 0 Å². The Hall–Kier alpha value is -3.00. The number of aromatic nitrogens is 3. The van der Waals surface area contributed by atoms with Crippen LogP contribution in [0, 0.1) is 6.92 Å². The molecule has 0 atom stereocenters. The lowest BCUT2D eigenvalue weighted by molar-refractivity contribution is 0.102. The normalized spacial score (nSPS) is 10.5. The lowest BCUT2D eigenvalue weighted by Crippen LogP contribution is -2.14. The van der Waals surface area contributed by atoms with Gasteiger partial charge in [-0.05, 0) is 43.5 Å². The quantitative estimate of drug-likeness (QED) is 0.655. The minimum Gasteiger partial charge on any atom is -0.493 e. The maximum Gasteiger partial charge on any atom is 0.278 e. The molecule has 0 fully saturated rings. The molecule has 0 aliphatic heterocycles. The highest BCUT2D eigenvalue weighted by atomic mass is 32.2. The van der Waals surface area contributed by atoms with Crippen molar-refractivity contribution in [1.29, 1.82) is 0 Å². The monoisotopic (exact) mass is 384 g/mol. The van der Waals surface area contributed by atoms with Crippen LogP contribution in [0.15, 0.2) is 47.4 Å². The number of hydrogen-bond acceptors (Lipinski definition) is 6. The molecule has 0 unspecified atom stereocenters. The molecule has 1 N–H and O–H groups in total. The topological polar surface area (TPSA) is 78.3 Å². The molecule has 0 saturated heterocycles. The van der Waals surface area contributed by atoms with Gasteiger partial charge in [-0.25, -0.2) is 4.68 Å². The van der Waals surface area contributed by atoms with Gasteiger partial charge in [0.15, 0.2) is 17.2 Å². The Kier molecular flexibility index (Phi) is 5.66. The average Bonchev–Trinajstić information content (AvgIpc) is 3.09. The maximum absolute atomic E-state index is 12.7. The van der Waals surface area contributed by atoms with Crippen molar-refractivity contribution in [3.63, 3.8) is 0 Å². The van der Waals surface area contributed by atoms with E-state index in [1.807, 2.05) is 37.4 Å². The maximum atomic E-state index is 12.7. The number of rotatable bonds is 6. The van der Waals surface area contributed by atoms with Crippen LogP contribution >= 0.6 is 11.8 Å². The van der Waals surface area contributed by atoms with Crippen molar-refractivity contribution in [2.75, 3.05) is 25.8 Å². The van der Waals surface area contributed by atoms with Crippen LogP contribution in [0.1, 0.15) is 16.2 Å². The van der Waals surface area contributed by atoms with Crippen molar-refractivity contribution in [3.8, 4) is 17.2 Å². The highest BCUT2D eigenvalue weighted by molar-refractivity contribution is 7.98. The van der Waals surface area contributed by atoms with E-state index in [0.717, 1.165) is 10.6 Å². The molecule has 0 radical (unpaired) electrons. The zero-order valence-corrected chi connectivity index (χ0v) is 16.3. The molecule has 1 amide bonds. The molecule has 27 heavy (non-hydrogen) atoms. The molecule has 0 spiro atoms. The zero-order chi connectivity index (χ0) is 19.4. The highest BCUT2D eigenvalue weighted by Gasteiger charge is 2.18. The molecule has 1 aromatic heterocycles. The minimum absolute atomic E-state index is 0.263. The number of thioether (sulfide) groups is 1. The van der Waals surface area contributed by atoms with Crippen molar-refractivity contribution in [1.82, 2.24) is 15.0 Å². The van der Waals surface area contributed by atoms with Gasteiger partial charge in [-0.3, -0.25) is 4.79 Å². The summed E-state index contributed by atoms with van der Waals surface area (Å²) in [6.07, 6.45) is 2.01. The van der Waals surface area contributed by atoms with Crippen LogP contribution in [-0.2, 0) is 0 Å². The summed E-state index contributed by atoms with van der Waals surface area (Å²) >= 11 is 1.64. The Morgan fingerprint density at radius 3 is 2.59 bits per heavy atom. The smallest absolute Gasteiger partial charge is 0.278 e. The molecule has 3 rings (SSSR count). The van der Waals surface area contributed by atoms with Crippen LogP contribution in [0.25, 0.3) is 5.69 Å². The number of hydrogen-bond donors (Lipinski definition) is 1. The van der Waals surface area contributed by atoms with Gasteiger partial charge in [-0.1, -0.05) is 11.3 Å². The standard InChI is InChI=1S/C19H20N4O3S/c1-12-18(21-22-23(12)14-6-5-7-15(11-14)27-4)19(24)20-13-8-9-16(25-2)17(10-13)26-3/h5-11H,1-4H3,(H,20,24). The summed E-state index contributed by atoms with van der Waals surface area (Å²) in [5.74, 6) is 0.780. The van der Waals surface area contributed by atoms with Crippen molar-refractivity contribution in [3.05, 3.63) is 53.9 Å². The van der Waals surface area contributed by atoms with Crippen LogP contribution in [-0.4, -0.2) is 41.4 Å². The van der Waals surface area contributed by atoms with Crippen LogP contribution < -0.4 is 14.8 Å². The summed E-state index contributed by atoms with van der Waals surface area (Å²) in [5.41, 5.74) is 2.36. The lowest BCUT2D eigenvalue weighted by Gasteiger charge is -2.10. The SMILES string of the molecule is COc1ccc(NC(=O)c2nnn(-c3cccc(SC)c3)c2C)cc1OC. The van der Waals surface area contributed by atoms with Crippen LogP contribution in [0.5, 0.6) is 11.5 Å². The van der Waals surface area contributed by atoms with Gasteiger partial charge in [0, 0.05) is 16.6 Å². The number of methoxy groups -OCH3 is 2. The van der Waals surface area contributed by atoms with Crippen molar-refractivity contribution in [2.24, 2.45) is 0 Å². The van der Waals surface area contributed by atoms with E-state index in [9.17, 15) is 4.79 Å². The summed E-state index contributed by atoms with van der Waals surface area (Å²) in [5, 5.41) is 11.0. The Bertz CT molecular complexity index is 971. The van der Waals surface area contributed by atoms with E-state index in [4.69, 9.17) is 9.47 Å². The van der Waals surface area contributed by atoms with E-state index in [0.29, 0.717) is 22.9 Å². The summed E-state index contributed by atoms with van der Waals surface area (Å²) in [4.78, 5) is 13.8. The molecule has 0 aliphatic carbocycles. The molecule has 1 heterocycles. The number of benzene rings is 2. The Morgan fingerprint density at radius 1 is 1.11 bits per heavy atom. The summed E-state index contributed by atoms with van der Waals surface area (Å²) in [6, 6.07) is 13.1. The van der Waals surface area contributed by atoms with E-state index in [1.54, 1.807) is 48.9 Å². The van der Waals surface area contributed by atoms with Crippen LogP contribution in [0.4, 0.5) is 5.69 Å². The van der Waals surface area contributed by atoms with Crippen molar-refractivity contribution < 1.29 is 14.3 Å². The predicted molar refractivity (Wildman–Crippen MR) is 105 cm³/mol. The number of nitrogens with zero attached hydrogens (tertiary/aromatic N) is 3. The Labute approximate surface area is 161 Å². The highest BCUT2D eigenvalue weighted by Crippen LogP contribution is 2.30. The van der Waals surface area contributed by atoms with Crippen molar-refractivity contribution >= 4 is 23.4 Å². The number of ether oxygens (including phenoxy) is 2. The molecule has 2 aromatic carbocycles. The second-order valence-electron chi connectivity index (χ2n) is 5.66. The van der Waals surface area contributed by atoms with Gasteiger partial charge in [0.2, 0.25) is 0 Å². The molecule has 8 heteroatoms. The molecule has 7 nitrogen and oxygen atoms in total. The van der Waals surface area contributed by atoms with E-state index < -0.39 is 0 Å². The van der Waals surface area contributed by atoms with E-state index >= 15 is 0 Å². The van der Waals surface area contributed by atoms with Crippen molar-refractivity contribution in [2.45, 2.75) is 11.8 Å². The first-order chi connectivity index (χ1) is 13.1. The lowest BCUT2D eigenvalue weighted by atomic mass is 10.2. The number of amides is 1. The summed E-state index contributed by atoms with van der Waals surface area (Å²) in [7, 11) is 3.10. The van der Waals surface area contributed by atoms with E-state index in [2.05, 4.69) is 15.6 Å². The number of carbonyl (C=O) groups is 1. The molecule has 3 aromatic rings. The molecule has 0 saturated carbocycles.